The van der Waals surface area contributed by atoms with Crippen LogP contribution in [0.5, 0.6) is 0 Å². The molecular weight excluding hydrogens is 534 g/mol. The van der Waals surface area contributed by atoms with Crippen LogP contribution in [-0.4, -0.2) is 0 Å². The minimum atomic E-state index is 0.907. The van der Waals surface area contributed by atoms with Gasteiger partial charge in [-0.05, 0) is 69.8 Å². The predicted octanol–water partition coefficient (Wildman–Crippen LogP) is 12.0. The molecule has 0 atom stereocenters. The highest BCUT2D eigenvalue weighted by atomic mass is 16.3. The van der Waals surface area contributed by atoms with Gasteiger partial charge < -0.3 is 9.73 Å². The van der Waals surface area contributed by atoms with Crippen molar-refractivity contribution in [2.75, 3.05) is 5.32 Å². The van der Waals surface area contributed by atoms with E-state index in [-0.39, 0.29) is 0 Å². The molecule has 0 unspecified atom stereocenters. The van der Waals surface area contributed by atoms with Crippen molar-refractivity contribution >= 4 is 33.3 Å². The molecule has 0 spiro atoms. The summed E-state index contributed by atoms with van der Waals surface area (Å²) in [6.45, 7) is 0. The van der Waals surface area contributed by atoms with E-state index in [9.17, 15) is 0 Å². The number of rotatable bonds is 6. The molecule has 1 heterocycles. The lowest BCUT2D eigenvalue weighted by atomic mass is 9.95. The second kappa shape index (κ2) is 11.1. The van der Waals surface area contributed by atoms with Crippen LogP contribution >= 0.6 is 0 Å². The molecule has 0 radical (unpaired) electrons. The van der Waals surface area contributed by atoms with Gasteiger partial charge in [0, 0.05) is 33.3 Å². The zero-order valence-electron chi connectivity index (χ0n) is 24.1. The van der Waals surface area contributed by atoms with E-state index in [2.05, 4.69) is 163 Å². The number of hydrogen-bond acceptors (Lipinski definition) is 2. The smallest absolute Gasteiger partial charge is 0.143 e. The van der Waals surface area contributed by atoms with Crippen LogP contribution in [0.15, 0.2) is 174 Å². The molecule has 8 aromatic rings. The Morgan fingerprint density at radius 2 is 0.955 bits per heavy atom. The standard InChI is InChI=1S/C42H29NO/c1-4-13-29(14-5-1)33-25-34(30-15-6-2-7-16-30)27-35(26-33)43-40-24-23-32(28-39(40)31-17-8-3-9-18-31)36-20-12-21-38-37-19-10-11-22-41(37)44-42(36)38/h1-28,43H. The van der Waals surface area contributed by atoms with Gasteiger partial charge >= 0.3 is 0 Å². The first kappa shape index (κ1) is 25.8. The molecule has 0 aliphatic rings. The number of fused-ring (bicyclic) bond motifs is 3. The van der Waals surface area contributed by atoms with E-state index in [1.165, 1.54) is 22.3 Å². The Kier molecular flexibility index (Phi) is 6.51. The summed E-state index contributed by atoms with van der Waals surface area (Å²) in [5.74, 6) is 0. The van der Waals surface area contributed by atoms with Gasteiger partial charge in [-0.1, -0.05) is 133 Å². The fraction of sp³-hybridized carbons (Fsp3) is 0. The first-order valence-corrected chi connectivity index (χ1v) is 14.9. The van der Waals surface area contributed by atoms with Crippen molar-refractivity contribution in [1.82, 2.24) is 0 Å². The monoisotopic (exact) mass is 563 g/mol. The van der Waals surface area contributed by atoms with E-state index in [1.54, 1.807) is 0 Å². The molecule has 208 valence electrons. The van der Waals surface area contributed by atoms with E-state index < -0.39 is 0 Å². The molecule has 0 bridgehead atoms. The second-order valence-corrected chi connectivity index (χ2v) is 11.1. The van der Waals surface area contributed by atoms with Gasteiger partial charge in [0.25, 0.3) is 0 Å². The van der Waals surface area contributed by atoms with Gasteiger partial charge in [-0.3, -0.25) is 0 Å². The van der Waals surface area contributed by atoms with Crippen molar-refractivity contribution in [2.24, 2.45) is 0 Å². The first-order valence-electron chi connectivity index (χ1n) is 14.9. The number of furan rings is 1. The number of para-hydroxylation sites is 2. The molecule has 7 aromatic carbocycles. The van der Waals surface area contributed by atoms with Crippen molar-refractivity contribution in [1.29, 1.82) is 0 Å². The third-order valence-electron chi connectivity index (χ3n) is 8.25. The molecule has 0 amide bonds. The highest BCUT2D eigenvalue weighted by Gasteiger charge is 2.15. The van der Waals surface area contributed by atoms with Crippen LogP contribution in [0.3, 0.4) is 0 Å². The lowest BCUT2D eigenvalue weighted by Gasteiger charge is -2.17. The van der Waals surface area contributed by atoms with Gasteiger partial charge in [0.1, 0.15) is 11.2 Å². The van der Waals surface area contributed by atoms with E-state index in [0.29, 0.717) is 0 Å². The minimum Gasteiger partial charge on any atom is -0.455 e. The molecule has 0 aliphatic carbocycles. The molecule has 8 rings (SSSR count). The summed E-state index contributed by atoms with van der Waals surface area (Å²) >= 11 is 0. The zero-order chi connectivity index (χ0) is 29.3. The van der Waals surface area contributed by atoms with Gasteiger partial charge in [-0.2, -0.15) is 0 Å². The summed E-state index contributed by atoms with van der Waals surface area (Å²) in [7, 11) is 0. The molecule has 2 heteroatoms. The van der Waals surface area contributed by atoms with Crippen LogP contribution in [0.1, 0.15) is 0 Å². The summed E-state index contributed by atoms with van der Waals surface area (Å²) in [5, 5.41) is 6.07. The fourth-order valence-electron chi connectivity index (χ4n) is 6.10. The summed E-state index contributed by atoms with van der Waals surface area (Å²) in [5.41, 5.74) is 13.1. The summed E-state index contributed by atoms with van der Waals surface area (Å²) in [4.78, 5) is 0. The number of benzene rings is 7. The van der Waals surface area contributed by atoms with E-state index in [4.69, 9.17) is 4.42 Å². The number of anilines is 2. The predicted molar refractivity (Wildman–Crippen MR) is 185 cm³/mol. The van der Waals surface area contributed by atoms with Crippen LogP contribution in [0, 0.1) is 0 Å². The summed E-state index contributed by atoms with van der Waals surface area (Å²) < 4.78 is 6.40. The van der Waals surface area contributed by atoms with Gasteiger partial charge in [0.05, 0.1) is 0 Å². The lowest BCUT2D eigenvalue weighted by molar-refractivity contribution is 0.670. The Hall–Kier alpha value is -5.86. The van der Waals surface area contributed by atoms with Gasteiger partial charge in [0.15, 0.2) is 0 Å². The van der Waals surface area contributed by atoms with Crippen molar-refractivity contribution in [3.8, 4) is 44.5 Å². The number of hydrogen-bond donors (Lipinski definition) is 1. The average Bonchev–Trinajstić information content (AvgIpc) is 3.49. The Morgan fingerprint density at radius 3 is 1.64 bits per heavy atom. The lowest BCUT2D eigenvalue weighted by Crippen LogP contribution is -1.96. The molecule has 0 aliphatic heterocycles. The Bertz CT molecular complexity index is 2170. The summed E-state index contributed by atoms with van der Waals surface area (Å²) in [6.07, 6.45) is 0. The average molecular weight is 564 g/mol. The van der Waals surface area contributed by atoms with Crippen molar-refractivity contribution in [2.45, 2.75) is 0 Å². The Labute approximate surface area is 256 Å². The van der Waals surface area contributed by atoms with Crippen LogP contribution in [0.25, 0.3) is 66.4 Å². The highest BCUT2D eigenvalue weighted by Crippen LogP contribution is 2.40. The maximum atomic E-state index is 6.40. The van der Waals surface area contributed by atoms with Crippen LogP contribution in [0.4, 0.5) is 11.4 Å². The minimum absolute atomic E-state index is 0.907. The van der Waals surface area contributed by atoms with Crippen LogP contribution in [0.2, 0.25) is 0 Å². The second-order valence-electron chi connectivity index (χ2n) is 11.1. The summed E-state index contributed by atoms with van der Waals surface area (Å²) in [6, 6.07) is 59.8. The van der Waals surface area contributed by atoms with Crippen LogP contribution < -0.4 is 5.32 Å². The fourth-order valence-corrected chi connectivity index (χ4v) is 6.10. The largest absolute Gasteiger partial charge is 0.455 e. The third-order valence-corrected chi connectivity index (χ3v) is 8.25. The molecular formula is C42H29NO. The molecule has 1 N–H and O–H groups in total. The van der Waals surface area contributed by atoms with Crippen molar-refractivity contribution in [3.05, 3.63) is 170 Å². The van der Waals surface area contributed by atoms with E-state index in [1.807, 2.05) is 12.1 Å². The highest BCUT2D eigenvalue weighted by molar-refractivity contribution is 6.09. The van der Waals surface area contributed by atoms with Gasteiger partial charge in [-0.15, -0.1) is 0 Å². The molecule has 1 aromatic heterocycles. The van der Waals surface area contributed by atoms with E-state index >= 15 is 0 Å². The molecule has 0 saturated heterocycles. The maximum absolute atomic E-state index is 6.40. The molecule has 0 fully saturated rings. The van der Waals surface area contributed by atoms with Gasteiger partial charge in [-0.25, -0.2) is 0 Å². The van der Waals surface area contributed by atoms with Crippen molar-refractivity contribution in [3.63, 3.8) is 0 Å². The zero-order valence-corrected chi connectivity index (χ0v) is 24.1. The Morgan fingerprint density at radius 1 is 0.364 bits per heavy atom. The van der Waals surface area contributed by atoms with Crippen molar-refractivity contribution < 1.29 is 4.42 Å². The molecule has 0 saturated carbocycles. The van der Waals surface area contributed by atoms with Gasteiger partial charge in [0.2, 0.25) is 0 Å². The number of nitrogens with one attached hydrogen (secondary N) is 1. The quantitative estimate of drug-likeness (QED) is 0.218. The normalized spacial score (nSPS) is 11.2. The van der Waals surface area contributed by atoms with Crippen LogP contribution in [-0.2, 0) is 0 Å². The van der Waals surface area contributed by atoms with E-state index in [0.717, 1.165) is 55.6 Å². The first-order chi connectivity index (χ1) is 21.8. The molecule has 2 nitrogen and oxygen atoms in total. The third kappa shape index (κ3) is 4.83. The SMILES string of the molecule is c1ccc(-c2cc(Nc3ccc(-c4cccc5c4oc4ccccc45)cc3-c3ccccc3)cc(-c3ccccc3)c2)cc1. The molecule has 44 heavy (non-hydrogen) atoms. The Balaban J connectivity index is 1.27. The topological polar surface area (TPSA) is 25.2 Å². The maximum Gasteiger partial charge on any atom is 0.143 e.